The van der Waals surface area contributed by atoms with Gasteiger partial charge in [0.25, 0.3) is 11.1 Å². The molecule has 3 heterocycles. The third kappa shape index (κ3) is 3.70. The number of H-pyrrole nitrogens is 2. The molecule has 0 aliphatic carbocycles. The summed E-state index contributed by atoms with van der Waals surface area (Å²) in [6.07, 6.45) is -0.0845. The minimum atomic E-state index is -0.440. The predicted molar refractivity (Wildman–Crippen MR) is 106 cm³/mol. The Hall–Kier alpha value is -2.58. The van der Waals surface area contributed by atoms with E-state index in [0.29, 0.717) is 18.4 Å². The molecule has 3 atom stereocenters. The van der Waals surface area contributed by atoms with Crippen LogP contribution in [0.3, 0.4) is 0 Å². The van der Waals surface area contributed by atoms with Crippen molar-refractivity contribution >= 4 is 18.3 Å². The number of likely N-dealkylation sites (tertiary alicyclic amines) is 1. The highest BCUT2D eigenvalue weighted by Crippen LogP contribution is 2.43. The topological polar surface area (TPSA) is 107 Å². The number of fused-ring (bicyclic) bond motifs is 1. The van der Waals surface area contributed by atoms with Crippen LogP contribution in [0.15, 0.2) is 39.9 Å². The fraction of sp³-hybridized carbons (Fsp3) is 0.421. The standard InChI is InChI=1S/C19H22N4O4.ClH/c1-27-14-4-2-11(3-5-14)18-15-9-20-8-13(15)10-23(18)17(25)7-12-6-16(24)21-22-19(12)26;/h2-6,13,15,18,20H,7-10H2,1H3,(H,21,24)(H,22,26);1H/t13-,15-,18+;/m0./s1. The number of hydrogen-bond acceptors (Lipinski definition) is 5. The molecule has 0 radical (unpaired) electrons. The molecule has 0 bridgehead atoms. The van der Waals surface area contributed by atoms with Crippen LogP contribution in [-0.4, -0.2) is 47.7 Å². The first-order chi connectivity index (χ1) is 13.1. The Morgan fingerprint density at radius 1 is 1.18 bits per heavy atom. The summed E-state index contributed by atoms with van der Waals surface area (Å²) in [5.74, 6) is 1.35. The molecule has 3 N–H and O–H groups in total. The molecule has 0 saturated carbocycles. The van der Waals surface area contributed by atoms with Crippen LogP contribution in [0, 0.1) is 11.8 Å². The van der Waals surface area contributed by atoms with Crippen molar-refractivity contribution in [1.82, 2.24) is 20.4 Å². The number of aromatic amines is 2. The minimum Gasteiger partial charge on any atom is -0.497 e. The highest BCUT2D eigenvalue weighted by molar-refractivity contribution is 5.85. The molecule has 2 saturated heterocycles. The third-order valence-corrected chi connectivity index (χ3v) is 5.58. The number of carbonyl (C=O) groups is 1. The van der Waals surface area contributed by atoms with E-state index in [1.807, 2.05) is 29.2 Å². The van der Waals surface area contributed by atoms with Crippen LogP contribution in [-0.2, 0) is 11.2 Å². The first kappa shape index (κ1) is 20.2. The number of benzene rings is 1. The predicted octanol–water partition coefficient (Wildman–Crippen LogP) is 0.455. The number of amides is 1. The highest BCUT2D eigenvalue weighted by Gasteiger charge is 2.46. The number of rotatable bonds is 4. The van der Waals surface area contributed by atoms with Gasteiger partial charge in [-0.1, -0.05) is 12.1 Å². The molecular weight excluding hydrogens is 384 g/mol. The summed E-state index contributed by atoms with van der Waals surface area (Å²) in [5, 5.41) is 7.90. The summed E-state index contributed by atoms with van der Waals surface area (Å²) in [5.41, 5.74) is 0.379. The summed E-state index contributed by atoms with van der Waals surface area (Å²) in [4.78, 5) is 38.3. The molecule has 150 valence electrons. The Kier molecular flexibility index (Phi) is 5.90. The number of hydrogen-bond donors (Lipinski definition) is 3. The number of halogens is 1. The van der Waals surface area contributed by atoms with E-state index in [1.54, 1.807) is 7.11 Å². The van der Waals surface area contributed by atoms with Gasteiger partial charge in [0.1, 0.15) is 5.75 Å². The smallest absolute Gasteiger partial charge is 0.266 e. The highest BCUT2D eigenvalue weighted by atomic mass is 35.5. The SMILES string of the molecule is COc1ccc([C@@H]2[C@H]3CNC[C@H]3CN2C(=O)Cc2cc(=O)[nH][nH]c2=O)cc1.Cl. The zero-order valence-corrected chi connectivity index (χ0v) is 16.3. The van der Waals surface area contributed by atoms with Crippen LogP contribution in [0.4, 0.5) is 0 Å². The molecule has 8 nitrogen and oxygen atoms in total. The number of ether oxygens (including phenoxy) is 1. The molecule has 1 aromatic heterocycles. The van der Waals surface area contributed by atoms with Crippen LogP contribution >= 0.6 is 12.4 Å². The molecule has 0 spiro atoms. The Balaban J connectivity index is 0.00000225. The van der Waals surface area contributed by atoms with Gasteiger partial charge in [-0.3, -0.25) is 24.6 Å². The first-order valence-corrected chi connectivity index (χ1v) is 9.02. The molecule has 28 heavy (non-hydrogen) atoms. The molecule has 1 aromatic carbocycles. The maximum absolute atomic E-state index is 13.0. The molecule has 9 heteroatoms. The van der Waals surface area contributed by atoms with Gasteiger partial charge in [0.2, 0.25) is 5.91 Å². The van der Waals surface area contributed by atoms with Gasteiger partial charge in [-0.2, -0.15) is 0 Å². The van der Waals surface area contributed by atoms with E-state index in [4.69, 9.17) is 4.74 Å². The molecule has 2 aromatic rings. The first-order valence-electron chi connectivity index (χ1n) is 9.02. The van der Waals surface area contributed by atoms with E-state index in [1.165, 1.54) is 6.07 Å². The molecular formula is C19H23ClN4O4. The monoisotopic (exact) mass is 406 g/mol. The lowest BCUT2D eigenvalue weighted by Crippen LogP contribution is -2.37. The lowest BCUT2D eigenvalue weighted by Gasteiger charge is -2.28. The second-order valence-corrected chi connectivity index (χ2v) is 7.14. The van der Waals surface area contributed by atoms with Gasteiger partial charge < -0.3 is 15.0 Å². The zero-order valence-electron chi connectivity index (χ0n) is 15.4. The Labute approximate surface area is 167 Å². The zero-order chi connectivity index (χ0) is 19.0. The van der Waals surface area contributed by atoms with E-state index in [0.717, 1.165) is 24.4 Å². The van der Waals surface area contributed by atoms with Crippen LogP contribution in [0.1, 0.15) is 17.2 Å². The van der Waals surface area contributed by atoms with Crippen molar-refractivity contribution in [1.29, 1.82) is 0 Å². The summed E-state index contributed by atoms with van der Waals surface area (Å²) in [6.45, 7) is 2.39. The number of carbonyl (C=O) groups excluding carboxylic acids is 1. The van der Waals surface area contributed by atoms with Crippen LogP contribution in [0.2, 0.25) is 0 Å². The number of methoxy groups -OCH3 is 1. The molecule has 1 amide bonds. The quantitative estimate of drug-likeness (QED) is 0.683. The van der Waals surface area contributed by atoms with Crippen molar-refractivity contribution in [2.75, 3.05) is 26.7 Å². The number of nitrogens with zero attached hydrogens (tertiary/aromatic N) is 1. The fourth-order valence-electron chi connectivity index (χ4n) is 4.26. The normalized spacial score (nSPS) is 23.2. The van der Waals surface area contributed by atoms with Crippen molar-refractivity contribution in [3.05, 3.63) is 62.2 Å². The average molecular weight is 407 g/mol. The largest absolute Gasteiger partial charge is 0.497 e. The maximum atomic E-state index is 13.0. The van der Waals surface area contributed by atoms with Gasteiger partial charge in [0, 0.05) is 37.2 Å². The fourth-order valence-corrected chi connectivity index (χ4v) is 4.26. The van der Waals surface area contributed by atoms with Gasteiger partial charge in [0.05, 0.1) is 19.6 Å². The molecule has 2 aliphatic heterocycles. The van der Waals surface area contributed by atoms with E-state index in [-0.39, 0.29) is 36.3 Å². The minimum absolute atomic E-state index is 0. The lowest BCUT2D eigenvalue weighted by molar-refractivity contribution is -0.131. The van der Waals surface area contributed by atoms with Gasteiger partial charge in [-0.05, 0) is 23.6 Å². The Morgan fingerprint density at radius 3 is 2.64 bits per heavy atom. The van der Waals surface area contributed by atoms with Crippen molar-refractivity contribution in [3.63, 3.8) is 0 Å². The summed E-state index contributed by atoms with van der Waals surface area (Å²) in [6, 6.07) is 8.92. The molecule has 4 rings (SSSR count). The lowest BCUT2D eigenvalue weighted by atomic mass is 9.89. The van der Waals surface area contributed by atoms with Crippen molar-refractivity contribution in [2.45, 2.75) is 12.5 Å². The van der Waals surface area contributed by atoms with Gasteiger partial charge in [0.15, 0.2) is 0 Å². The number of aromatic nitrogens is 2. The van der Waals surface area contributed by atoms with Gasteiger partial charge >= 0.3 is 0 Å². The van der Waals surface area contributed by atoms with Crippen molar-refractivity contribution in [2.24, 2.45) is 11.8 Å². The van der Waals surface area contributed by atoms with Crippen LogP contribution in [0.5, 0.6) is 5.75 Å². The van der Waals surface area contributed by atoms with E-state index < -0.39 is 11.1 Å². The van der Waals surface area contributed by atoms with Crippen molar-refractivity contribution in [3.8, 4) is 5.75 Å². The summed E-state index contributed by atoms with van der Waals surface area (Å²) in [7, 11) is 1.62. The van der Waals surface area contributed by atoms with Gasteiger partial charge in [-0.15, -0.1) is 12.4 Å². The molecule has 2 aliphatic rings. The molecule has 0 unspecified atom stereocenters. The maximum Gasteiger partial charge on any atom is 0.266 e. The van der Waals surface area contributed by atoms with E-state index in [2.05, 4.69) is 15.5 Å². The third-order valence-electron chi connectivity index (χ3n) is 5.58. The van der Waals surface area contributed by atoms with Gasteiger partial charge in [-0.25, -0.2) is 0 Å². The van der Waals surface area contributed by atoms with Crippen LogP contribution < -0.4 is 21.2 Å². The second kappa shape index (κ2) is 8.20. The second-order valence-electron chi connectivity index (χ2n) is 7.14. The summed E-state index contributed by atoms with van der Waals surface area (Å²) >= 11 is 0. The average Bonchev–Trinajstić information content (AvgIpc) is 3.26. The Bertz CT molecular complexity index is 955. The van der Waals surface area contributed by atoms with E-state index in [9.17, 15) is 14.4 Å². The van der Waals surface area contributed by atoms with E-state index >= 15 is 0 Å². The Morgan fingerprint density at radius 2 is 1.93 bits per heavy atom. The van der Waals surface area contributed by atoms with Crippen LogP contribution in [0.25, 0.3) is 0 Å². The van der Waals surface area contributed by atoms with Crippen molar-refractivity contribution < 1.29 is 9.53 Å². The number of nitrogens with one attached hydrogen (secondary N) is 3. The summed E-state index contributed by atoms with van der Waals surface area (Å²) < 4.78 is 5.23. The molecule has 2 fully saturated rings.